The van der Waals surface area contributed by atoms with E-state index in [2.05, 4.69) is 20.9 Å². The Morgan fingerprint density at radius 2 is 2.29 bits per heavy atom. The minimum Gasteiger partial charge on any atom is -0.481 e. The van der Waals surface area contributed by atoms with E-state index in [1.54, 1.807) is 18.1 Å². The molecule has 0 N–H and O–H groups in total. The number of fused-ring (bicyclic) bond motifs is 3. The number of aromatic nitrogens is 1. The van der Waals surface area contributed by atoms with E-state index in [0.717, 1.165) is 21.1 Å². The van der Waals surface area contributed by atoms with Gasteiger partial charge in [-0.2, -0.15) is 0 Å². The molecule has 0 radical (unpaired) electrons. The first-order chi connectivity index (χ1) is 8.16. The van der Waals surface area contributed by atoms with Crippen LogP contribution < -0.4 is 9.64 Å². The van der Waals surface area contributed by atoms with Gasteiger partial charge in [-0.3, -0.25) is 9.78 Å². The van der Waals surface area contributed by atoms with Crippen LogP contribution in [0.5, 0.6) is 5.75 Å². The first-order valence-electron chi connectivity index (χ1n) is 5.14. The number of nitrogens with zero attached hydrogens (tertiary/aromatic N) is 2. The van der Waals surface area contributed by atoms with Crippen LogP contribution >= 0.6 is 15.9 Å². The first kappa shape index (κ1) is 10.5. The van der Waals surface area contributed by atoms with Crippen molar-refractivity contribution < 1.29 is 9.53 Å². The van der Waals surface area contributed by atoms with Gasteiger partial charge in [0.05, 0.1) is 11.7 Å². The lowest BCUT2D eigenvalue weighted by Gasteiger charge is -2.26. The number of halogens is 1. The minimum absolute atomic E-state index is 0.0614. The number of hydrogen-bond donors (Lipinski definition) is 0. The summed E-state index contributed by atoms with van der Waals surface area (Å²) in [5.74, 6) is 0.659. The van der Waals surface area contributed by atoms with Crippen molar-refractivity contribution in [2.45, 2.75) is 0 Å². The summed E-state index contributed by atoms with van der Waals surface area (Å²) in [6.45, 7) is 0.0785. The fourth-order valence-electron chi connectivity index (χ4n) is 1.89. The summed E-state index contributed by atoms with van der Waals surface area (Å²) >= 11 is 3.42. The van der Waals surface area contributed by atoms with Gasteiger partial charge >= 0.3 is 0 Å². The van der Waals surface area contributed by atoms with Crippen LogP contribution in [0.2, 0.25) is 0 Å². The molecular formula is C12H9BrN2O2. The van der Waals surface area contributed by atoms with Gasteiger partial charge in [0.15, 0.2) is 12.4 Å². The third-order valence-corrected chi connectivity index (χ3v) is 3.33. The summed E-state index contributed by atoms with van der Waals surface area (Å²) < 4.78 is 6.48. The topological polar surface area (TPSA) is 42.4 Å². The van der Waals surface area contributed by atoms with Crippen LogP contribution in [0.25, 0.3) is 10.9 Å². The van der Waals surface area contributed by atoms with E-state index in [9.17, 15) is 4.79 Å². The summed E-state index contributed by atoms with van der Waals surface area (Å²) in [5, 5.41) is 0.913. The van der Waals surface area contributed by atoms with Crippen LogP contribution in [0, 0.1) is 0 Å². The maximum Gasteiger partial charge on any atom is 0.264 e. The van der Waals surface area contributed by atoms with Crippen molar-refractivity contribution in [1.29, 1.82) is 0 Å². The van der Waals surface area contributed by atoms with Gasteiger partial charge in [0.1, 0.15) is 5.69 Å². The van der Waals surface area contributed by atoms with Crippen molar-refractivity contribution >= 4 is 38.4 Å². The number of pyridine rings is 1. The van der Waals surface area contributed by atoms with Gasteiger partial charge in [-0.25, -0.2) is 0 Å². The summed E-state index contributed by atoms with van der Waals surface area (Å²) in [6.07, 6.45) is 1.67. The number of benzene rings is 1. The molecule has 0 bridgehead atoms. The largest absolute Gasteiger partial charge is 0.481 e. The Kier molecular flexibility index (Phi) is 2.29. The molecule has 0 aliphatic carbocycles. The Bertz CT molecular complexity index is 627. The average Bonchev–Trinajstić information content (AvgIpc) is 2.33. The quantitative estimate of drug-likeness (QED) is 0.749. The van der Waals surface area contributed by atoms with Crippen molar-refractivity contribution in [3.05, 3.63) is 28.9 Å². The molecule has 0 fully saturated rings. The molecule has 17 heavy (non-hydrogen) atoms. The third-order valence-electron chi connectivity index (χ3n) is 2.84. The smallest absolute Gasteiger partial charge is 0.264 e. The van der Waals surface area contributed by atoms with Crippen molar-refractivity contribution in [1.82, 2.24) is 4.98 Å². The molecule has 0 spiro atoms. The number of carbonyl (C=O) groups excluding carboxylic acids is 1. The molecular weight excluding hydrogens is 284 g/mol. The van der Waals surface area contributed by atoms with Crippen molar-refractivity contribution in [2.24, 2.45) is 0 Å². The Labute approximate surface area is 106 Å². The maximum absolute atomic E-state index is 11.5. The number of anilines is 1. The highest BCUT2D eigenvalue weighted by Gasteiger charge is 2.24. The molecule has 4 nitrogen and oxygen atoms in total. The molecule has 1 aromatic carbocycles. The second-order valence-electron chi connectivity index (χ2n) is 3.88. The van der Waals surface area contributed by atoms with E-state index in [-0.39, 0.29) is 12.5 Å². The molecule has 0 atom stereocenters. The number of hydrogen-bond acceptors (Lipinski definition) is 3. The molecule has 2 heterocycles. The fourth-order valence-corrected chi connectivity index (χ4v) is 2.25. The van der Waals surface area contributed by atoms with E-state index >= 15 is 0 Å². The Balaban J connectivity index is 2.32. The second kappa shape index (κ2) is 3.70. The molecule has 5 heteroatoms. The van der Waals surface area contributed by atoms with Gasteiger partial charge in [-0.1, -0.05) is 15.9 Å². The predicted octanol–water partition coefficient (Wildman–Crippen LogP) is 2.35. The molecule has 1 amide bonds. The zero-order valence-corrected chi connectivity index (χ0v) is 10.7. The van der Waals surface area contributed by atoms with E-state index < -0.39 is 0 Å². The number of likely N-dealkylation sites (N-methyl/N-ethyl adjacent to an activating group) is 1. The molecule has 2 aromatic rings. The third kappa shape index (κ3) is 1.58. The predicted molar refractivity (Wildman–Crippen MR) is 68.3 cm³/mol. The van der Waals surface area contributed by atoms with E-state index in [0.29, 0.717) is 5.69 Å². The summed E-state index contributed by atoms with van der Waals surface area (Å²) in [7, 11) is 1.73. The Hall–Kier alpha value is -1.62. The first-order valence-corrected chi connectivity index (χ1v) is 5.94. The Morgan fingerprint density at radius 1 is 1.47 bits per heavy atom. The highest BCUT2D eigenvalue weighted by Crippen LogP contribution is 2.37. The van der Waals surface area contributed by atoms with E-state index in [1.807, 2.05) is 18.2 Å². The van der Waals surface area contributed by atoms with Gasteiger partial charge < -0.3 is 9.64 Å². The lowest BCUT2D eigenvalue weighted by Crippen LogP contribution is -2.35. The van der Waals surface area contributed by atoms with Gasteiger partial charge in [0.2, 0.25) is 0 Å². The number of amides is 1. The highest BCUT2D eigenvalue weighted by molar-refractivity contribution is 9.10. The molecule has 0 saturated heterocycles. The van der Waals surface area contributed by atoms with Crippen LogP contribution in [0.4, 0.5) is 5.69 Å². The standard InChI is InChI=1S/C12H9BrN2O2/c1-15-10-5-14-9-3-2-7(13)4-8(9)12(10)17-6-11(15)16/h2-5H,6H2,1H3. The zero-order chi connectivity index (χ0) is 12.0. The van der Waals surface area contributed by atoms with Gasteiger partial charge in [-0.05, 0) is 18.2 Å². The molecule has 3 rings (SSSR count). The summed E-state index contributed by atoms with van der Waals surface area (Å²) in [6, 6.07) is 5.80. The van der Waals surface area contributed by atoms with Crippen molar-refractivity contribution in [3.8, 4) is 5.75 Å². The highest BCUT2D eigenvalue weighted by atomic mass is 79.9. The van der Waals surface area contributed by atoms with Crippen LogP contribution in [0.1, 0.15) is 0 Å². The molecule has 1 aliphatic rings. The molecule has 0 saturated carbocycles. The molecule has 0 unspecified atom stereocenters. The van der Waals surface area contributed by atoms with Gasteiger partial charge in [-0.15, -0.1) is 0 Å². The Morgan fingerprint density at radius 3 is 3.12 bits per heavy atom. The van der Waals surface area contributed by atoms with Crippen LogP contribution in [0.15, 0.2) is 28.9 Å². The lowest BCUT2D eigenvalue weighted by molar-refractivity contribution is -0.120. The van der Waals surface area contributed by atoms with Crippen LogP contribution in [0.3, 0.4) is 0 Å². The zero-order valence-electron chi connectivity index (χ0n) is 9.11. The lowest BCUT2D eigenvalue weighted by atomic mass is 10.1. The SMILES string of the molecule is CN1C(=O)COc2c1cnc1ccc(Br)cc21. The van der Waals surface area contributed by atoms with Gasteiger partial charge in [0, 0.05) is 16.9 Å². The van der Waals surface area contributed by atoms with E-state index in [4.69, 9.17) is 4.74 Å². The van der Waals surface area contributed by atoms with Crippen molar-refractivity contribution in [2.75, 3.05) is 18.6 Å². The minimum atomic E-state index is -0.0614. The fraction of sp³-hybridized carbons (Fsp3) is 0.167. The maximum atomic E-state index is 11.5. The number of carbonyl (C=O) groups is 1. The van der Waals surface area contributed by atoms with Crippen LogP contribution in [-0.2, 0) is 4.79 Å². The normalized spacial score (nSPS) is 14.7. The van der Waals surface area contributed by atoms with Crippen LogP contribution in [-0.4, -0.2) is 24.5 Å². The van der Waals surface area contributed by atoms with Crippen molar-refractivity contribution in [3.63, 3.8) is 0 Å². The number of rotatable bonds is 0. The molecule has 86 valence electrons. The molecule has 1 aromatic heterocycles. The number of ether oxygens (including phenoxy) is 1. The molecule has 1 aliphatic heterocycles. The summed E-state index contributed by atoms with van der Waals surface area (Å²) in [4.78, 5) is 17.4. The van der Waals surface area contributed by atoms with Gasteiger partial charge in [0.25, 0.3) is 5.91 Å². The second-order valence-corrected chi connectivity index (χ2v) is 4.79. The summed E-state index contributed by atoms with van der Waals surface area (Å²) in [5.41, 5.74) is 1.57. The van der Waals surface area contributed by atoms with E-state index in [1.165, 1.54) is 0 Å². The average molecular weight is 293 g/mol. The monoisotopic (exact) mass is 292 g/mol.